The Morgan fingerprint density at radius 3 is 1.07 bits per heavy atom. The van der Waals surface area contributed by atoms with Gasteiger partial charge in [0.15, 0.2) is 0 Å². The summed E-state index contributed by atoms with van der Waals surface area (Å²) in [6.45, 7) is 0. The third-order valence-corrected chi connectivity index (χ3v) is 6.26. The van der Waals surface area contributed by atoms with Gasteiger partial charge in [0.25, 0.3) is 0 Å². The molecule has 0 heterocycles. The largest absolute Gasteiger partial charge is 0.356 e. The lowest BCUT2D eigenvalue weighted by molar-refractivity contribution is 0.0308. The molecule has 29 heavy (non-hydrogen) atoms. The zero-order chi connectivity index (χ0) is 20.1. The van der Waals surface area contributed by atoms with Crippen LogP contribution in [0.4, 0.5) is 0 Å². The van der Waals surface area contributed by atoms with Gasteiger partial charge in [-0.15, -0.1) is 0 Å². The van der Waals surface area contributed by atoms with Crippen LogP contribution in [0, 0.1) is 7.14 Å². The van der Waals surface area contributed by atoms with E-state index >= 15 is 0 Å². The maximum Gasteiger partial charge on any atom is 0.109 e. The summed E-state index contributed by atoms with van der Waals surface area (Å²) in [4.78, 5) is 0. The van der Waals surface area contributed by atoms with Gasteiger partial charge >= 0.3 is 0 Å². The molecule has 4 aromatic carbocycles. The van der Waals surface area contributed by atoms with Crippen LogP contribution in [0.1, 0.15) is 34.5 Å². The first-order valence-electron chi connectivity index (χ1n) is 9.47. The summed E-state index contributed by atoms with van der Waals surface area (Å²) in [6, 6.07) is 38.1. The minimum absolute atomic E-state index is 0.155. The molecule has 0 amide bonds. The van der Waals surface area contributed by atoms with Crippen LogP contribution < -0.4 is 0 Å². The highest BCUT2D eigenvalue weighted by Gasteiger charge is 2.23. The first-order chi connectivity index (χ1) is 14.2. The van der Waals surface area contributed by atoms with Crippen molar-refractivity contribution in [1.29, 1.82) is 0 Å². The second-order valence-electron chi connectivity index (χ2n) is 6.82. The minimum Gasteiger partial charge on any atom is -0.356 e. The first kappa shape index (κ1) is 20.6. The molecule has 2 unspecified atom stereocenters. The van der Waals surface area contributed by atoms with Crippen molar-refractivity contribution in [1.82, 2.24) is 0 Å². The Kier molecular flexibility index (Phi) is 7.00. The second-order valence-corrected chi connectivity index (χ2v) is 9.31. The number of ether oxygens (including phenoxy) is 1. The van der Waals surface area contributed by atoms with Crippen molar-refractivity contribution in [3.8, 4) is 0 Å². The predicted octanol–water partition coefficient (Wildman–Crippen LogP) is 7.79. The van der Waals surface area contributed by atoms with Gasteiger partial charge in [-0.1, -0.05) is 84.9 Å². The van der Waals surface area contributed by atoms with Crippen molar-refractivity contribution < 1.29 is 4.74 Å². The van der Waals surface area contributed by atoms with E-state index in [0.29, 0.717) is 0 Å². The smallest absolute Gasteiger partial charge is 0.109 e. The quantitative estimate of drug-likeness (QED) is 0.205. The predicted molar refractivity (Wildman–Crippen MR) is 136 cm³/mol. The molecule has 0 saturated carbocycles. The Morgan fingerprint density at radius 1 is 0.414 bits per heavy atom. The maximum absolute atomic E-state index is 6.87. The Bertz CT molecular complexity index is 943. The summed E-state index contributed by atoms with van der Waals surface area (Å²) in [7, 11) is 0. The molecular formula is C26H20I2O. The van der Waals surface area contributed by atoms with Gasteiger partial charge in [-0.05, 0) is 91.7 Å². The summed E-state index contributed by atoms with van der Waals surface area (Å²) in [5.74, 6) is 0. The summed E-state index contributed by atoms with van der Waals surface area (Å²) in [5.41, 5.74) is 4.62. The lowest BCUT2D eigenvalue weighted by atomic mass is 9.98. The molecule has 1 nitrogen and oxygen atoms in total. The molecule has 2 atom stereocenters. The molecule has 0 N–H and O–H groups in total. The molecule has 0 fully saturated rings. The van der Waals surface area contributed by atoms with E-state index in [-0.39, 0.29) is 12.2 Å². The average Bonchev–Trinajstić information content (AvgIpc) is 2.77. The summed E-state index contributed by atoms with van der Waals surface area (Å²) < 4.78 is 9.31. The van der Waals surface area contributed by atoms with Gasteiger partial charge in [0.05, 0.1) is 0 Å². The number of hydrogen-bond acceptors (Lipinski definition) is 1. The van der Waals surface area contributed by atoms with E-state index in [1.165, 1.54) is 7.14 Å². The summed E-state index contributed by atoms with van der Waals surface area (Å²) in [5, 5.41) is 0. The number of halogens is 2. The van der Waals surface area contributed by atoms with Gasteiger partial charge in [-0.2, -0.15) is 0 Å². The van der Waals surface area contributed by atoms with Crippen LogP contribution in [-0.4, -0.2) is 0 Å². The molecule has 4 aromatic rings. The summed E-state index contributed by atoms with van der Waals surface area (Å²) in [6.07, 6.45) is -0.310. The van der Waals surface area contributed by atoms with Crippen LogP contribution in [0.25, 0.3) is 0 Å². The van der Waals surface area contributed by atoms with Gasteiger partial charge in [0.2, 0.25) is 0 Å². The summed E-state index contributed by atoms with van der Waals surface area (Å²) >= 11 is 4.68. The van der Waals surface area contributed by atoms with E-state index in [1.807, 2.05) is 12.1 Å². The van der Waals surface area contributed by atoms with Gasteiger partial charge in [-0.25, -0.2) is 0 Å². The zero-order valence-electron chi connectivity index (χ0n) is 15.7. The molecule has 4 rings (SSSR count). The van der Waals surface area contributed by atoms with E-state index in [1.54, 1.807) is 0 Å². The lowest BCUT2D eigenvalue weighted by Gasteiger charge is -2.27. The number of rotatable bonds is 6. The Hall–Kier alpha value is -1.70. The number of hydrogen-bond donors (Lipinski definition) is 0. The van der Waals surface area contributed by atoms with Crippen molar-refractivity contribution >= 4 is 45.2 Å². The SMILES string of the molecule is Ic1ccc(C(OC(c2ccccc2)c2ccc(I)cc2)c2ccccc2)cc1. The minimum atomic E-state index is -0.155. The van der Waals surface area contributed by atoms with Crippen LogP contribution >= 0.6 is 45.2 Å². The molecule has 144 valence electrons. The molecular weight excluding hydrogens is 582 g/mol. The van der Waals surface area contributed by atoms with Crippen molar-refractivity contribution in [2.75, 3.05) is 0 Å². The van der Waals surface area contributed by atoms with Crippen LogP contribution in [0.2, 0.25) is 0 Å². The molecule has 0 saturated heterocycles. The average molecular weight is 602 g/mol. The molecule has 0 aliphatic heterocycles. The fourth-order valence-corrected chi connectivity index (χ4v) is 4.09. The highest BCUT2D eigenvalue weighted by atomic mass is 127. The molecule has 0 aliphatic carbocycles. The maximum atomic E-state index is 6.87. The second kappa shape index (κ2) is 9.87. The normalized spacial score (nSPS) is 13.0. The zero-order valence-corrected chi connectivity index (χ0v) is 20.0. The molecule has 3 heteroatoms. The van der Waals surface area contributed by atoms with E-state index in [2.05, 4.69) is 142 Å². The van der Waals surface area contributed by atoms with Crippen LogP contribution in [0.3, 0.4) is 0 Å². The molecule has 0 radical (unpaired) electrons. The first-order valence-corrected chi connectivity index (χ1v) is 11.6. The van der Waals surface area contributed by atoms with E-state index in [0.717, 1.165) is 22.3 Å². The van der Waals surface area contributed by atoms with Crippen molar-refractivity contribution in [2.24, 2.45) is 0 Å². The fraction of sp³-hybridized carbons (Fsp3) is 0.0769. The number of benzene rings is 4. The van der Waals surface area contributed by atoms with Crippen LogP contribution in [0.15, 0.2) is 109 Å². The molecule has 0 spiro atoms. The Labute approximate surface area is 199 Å². The topological polar surface area (TPSA) is 9.23 Å². The van der Waals surface area contributed by atoms with Gasteiger partial charge < -0.3 is 4.74 Å². The van der Waals surface area contributed by atoms with E-state index in [9.17, 15) is 0 Å². The monoisotopic (exact) mass is 602 g/mol. The third-order valence-electron chi connectivity index (χ3n) is 4.82. The van der Waals surface area contributed by atoms with Gasteiger partial charge in [-0.3, -0.25) is 0 Å². The fourth-order valence-electron chi connectivity index (χ4n) is 3.37. The van der Waals surface area contributed by atoms with Crippen molar-refractivity contribution in [3.63, 3.8) is 0 Å². The lowest BCUT2D eigenvalue weighted by Crippen LogP contribution is -2.13. The van der Waals surface area contributed by atoms with Crippen molar-refractivity contribution in [2.45, 2.75) is 12.2 Å². The molecule has 0 bridgehead atoms. The van der Waals surface area contributed by atoms with Gasteiger partial charge in [0.1, 0.15) is 12.2 Å². The molecule has 0 aliphatic rings. The van der Waals surface area contributed by atoms with Crippen molar-refractivity contribution in [3.05, 3.63) is 139 Å². The Morgan fingerprint density at radius 2 is 0.724 bits per heavy atom. The highest BCUT2D eigenvalue weighted by Crippen LogP contribution is 2.36. The van der Waals surface area contributed by atoms with Crippen LogP contribution in [0.5, 0.6) is 0 Å². The third kappa shape index (κ3) is 5.27. The van der Waals surface area contributed by atoms with Gasteiger partial charge in [0, 0.05) is 7.14 Å². The Balaban J connectivity index is 1.77. The highest BCUT2D eigenvalue weighted by molar-refractivity contribution is 14.1. The molecule has 0 aromatic heterocycles. The van der Waals surface area contributed by atoms with E-state index in [4.69, 9.17) is 4.74 Å². The van der Waals surface area contributed by atoms with E-state index < -0.39 is 0 Å². The van der Waals surface area contributed by atoms with Crippen LogP contribution in [-0.2, 0) is 4.74 Å². The standard InChI is InChI=1S/C26H20I2O/c27-23-15-11-21(12-16-23)25(19-7-3-1-4-8-19)29-26(20-9-5-2-6-10-20)22-13-17-24(28)18-14-22/h1-18,25-26H.